The molecule has 0 radical (unpaired) electrons. The Morgan fingerprint density at radius 3 is 2.59 bits per heavy atom. The lowest BCUT2D eigenvalue weighted by molar-refractivity contribution is -0.124. The monoisotopic (exact) mass is 759 g/mol. The molecule has 0 bridgehead atoms. The highest BCUT2D eigenvalue weighted by atomic mass is 32.3. The van der Waals surface area contributed by atoms with Gasteiger partial charge in [0.05, 0.1) is 48.2 Å². The molecular formula is C38H49N9O6S. The lowest BCUT2D eigenvalue weighted by atomic mass is 9.69. The molecule has 15 nitrogen and oxygen atoms in total. The average Bonchev–Trinajstić information content (AvgIpc) is 3.55. The van der Waals surface area contributed by atoms with Crippen LogP contribution in [0.4, 0.5) is 5.69 Å². The minimum Gasteiger partial charge on any atom is -0.472 e. The number of aryl methyl sites for hydroxylation is 3. The van der Waals surface area contributed by atoms with Gasteiger partial charge in [-0.15, -0.1) is 15.9 Å². The van der Waals surface area contributed by atoms with Crippen molar-refractivity contribution in [1.29, 1.82) is 0 Å². The number of carbonyl (C=O) groups excluding carboxylic acids is 1. The van der Waals surface area contributed by atoms with Crippen molar-refractivity contribution in [3.05, 3.63) is 88.9 Å². The number of aliphatic hydroxyl groups is 1. The van der Waals surface area contributed by atoms with Crippen molar-refractivity contribution in [3.63, 3.8) is 0 Å². The molecule has 54 heavy (non-hydrogen) atoms. The fraction of sp³-hybridized carbons (Fsp3) is 0.421. The summed E-state index contributed by atoms with van der Waals surface area (Å²) in [7, 11) is -3.46. The van der Waals surface area contributed by atoms with Crippen molar-refractivity contribution in [2.75, 3.05) is 25.1 Å². The maximum absolute atomic E-state index is 14.4. The minimum atomic E-state index is -3.46. The second-order valence-corrected chi connectivity index (χ2v) is 16.1. The summed E-state index contributed by atoms with van der Waals surface area (Å²) in [5.41, 5.74) is 11.2. The van der Waals surface area contributed by atoms with Gasteiger partial charge in [0.15, 0.2) is 0 Å². The second-order valence-electron chi connectivity index (χ2n) is 14.2. The Morgan fingerprint density at radius 2 is 1.89 bits per heavy atom. The molecule has 1 amide bonds. The molecule has 0 spiro atoms. The summed E-state index contributed by atoms with van der Waals surface area (Å²) in [6, 6.07) is 12.9. The fourth-order valence-electron chi connectivity index (χ4n) is 6.76. The smallest absolute Gasteiger partial charge is 0.316 e. The molecule has 0 saturated carbocycles. The van der Waals surface area contributed by atoms with Gasteiger partial charge >= 0.3 is 6.01 Å². The van der Waals surface area contributed by atoms with Crippen LogP contribution in [0, 0.1) is 19.3 Å². The summed E-state index contributed by atoms with van der Waals surface area (Å²) in [6.45, 7) is 12.7. The number of fused-ring (bicyclic) bond motifs is 2. The summed E-state index contributed by atoms with van der Waals surface area (Å²) in [6.07, 6.45) is 4.84. The van der Waals surface area contributed by atoms with Gasteiger partial charge in [-0.25, -0.2) is 19.6 Å². The van der Waals surface area contributed by atoms with Crippen molar-refractivity contribution < 1.29 is 28.5 Å². The average molecular weight is 760 g/mol. The molecule has 3 atom stereocenters. The fourth-order valence-corrected chi connectivity index (χ4v) is 8.33. The van der Waals surface area contributed by atoms with E-state index in [2.05, 4.69) is 36.6 Å². The standard InChI is InChI=1S/C38H49N9O6S/c1-7-29-20-46(54(50,51)32-10-9-15-40-35(32)53-29)19-26-16-25(12-11-23(26)3)33(30-13-14-31-34(24(30)4)44-45-47(31)8-2)38(5,6)36(49)43-28-17-41-37(42-18-28)52-22-27(39)21-48/h9-18,27,29,33,48,50-51H,7-8,19-22,39H2,1-6H3,(H,43,49)/t27?,29?,33-/m0/s1. The number of aromatic nitrogens is 6. The number of aliphatic hydroxyl groups excluding tert-OH is 1. The molecule has 6 N–H and O–H groups in total. The molecule has 2 unspecified atom stereocenters. The van der Waals surface area contributed by atoms with E-state index in [9.17, 15) is 19.0 Å². The number of anilines is 1. The summed E-state index contributed by atoms with van der Waals surface area (Å²) in [4.78, 5) is 27.4. The van der Waals surface area contributed by atoms with Crippen molar-refractivity contribution in [2.24, 2.45) is 11.1 Å². The highest BCUT2D eigenvalue weighted by molar-refractivity contribution is 8.22. The van der Waals surface area contributed by atoms with Gasteiger partial charge in [-0.05, 0) is 73.2 Å². The van der Waals surface area contributed by atoms with E-state index in [1.54, 1.807) is 22.6 Å². The van der Waals surface area contributed by atoms with E-state index in [-0.39, 0.29) is 55.1 Å². The molecular weight excluding hydrogens is 711 g/mol. The van der Waals surface area contributed by atoms with Crippen LogP contribution >= 0.6 is 10.8 Å². The maximum Gasteiger partial charge on any atom is 0.316 e. The van der Waals surface area contributed by atoms with Crippen LogP contribution in [0.1, 0.15) is 67.9 Å². The van der Waals surface area contributed by atoms with Crippen LogP contribution in [0.15, 0.2) is 66.0 Å². The Labute approximate surface area is 316 Å². The number of amides is 1. The van der Waals surface area contributed by atoms with Crippen molar-refractivity contribution >= 4 is 33.4 Å². The van der Waals surface area contributed by atoms with Gasteiger partial charge in [0.2, 0.25) is 11.8 Å². The molecule has 6 rings (SSSR count). The van der Waals surface area contributed by atoms with Gasteiger partial charge in [-0.1, -0.05) is 50.3 Å². The number of hydrogen-bond acceptors (Lipinski definition) is 13. The number of pyridine rings is 1. The molecule has 288 valence electrons. The van der Waals surface area contributed by atoms with Gasteiger partial charge in [0.1, 0.15) is 23.1 Å². The lowest BCUT2D eigenvalue weighted by Gasteiger charge is -2.42. The first-order valence-corrected chi connectivity index (χ1v) is 19.5. The molecule has 2 aromatic carbocycles. The van der Waals surface area contributed by atoms with Gasteiger partial charge in [0.25, 0.3) is 0 Å². The van der Waals surface area contributed by atoms with Crippen LogP contribution in [0.5, 0.6) is 11.9 Å². The molecule has 1 aliphatic heterocycles. The number of nitrogens with one attached hydrogen (secondary N) is 1. The number of nitrogens with zero attached hydrogens (tertiary/aromatic N) is 7. The number of benzene rings is 2. The molecule has 3 aromatic heterocycles. The SMILES string of the molecule is CCC1CN(Cc2cc([C@@H](c3ccc4c(nnn4CC)c3C)C(C)(C)C(=O)Nc3cnc(OCC(N)CO)nc3)ccc2C)S(O)(O)c2cccnc2O1. The lowest BCUT2D eigenvalue weighted by Crippen LogP contribution is -2.37. The number of carbonyl (C=O) groups is 1. The van der Waals surface area contributed by atoms with Crippen LogP contribution in [0.25, 0.3) is 11.0 Å². The van der Waals surface area contributed by atoms with Crippen LogP contribution < -0.4 is 20.5 Å². The van der Waals surface area contributed by atoms with Crippen molar-refractivity contribution in [3.8, 4) is 11.9 Å². The number of hydrogen-bond donors (Lipinski definition) is 5. The molecule has 5 aromatic rings. The predicted octanol–water partition coefficient (Wildman–Crippen LogP) is 5.45. The summed E-state index contributed by atoms with van der Waals surface area (Å²) >= 11 is 0. The Morgan fingerprint density at radius 1 is 1.13 bits per heavy atom. The van der Waals surface area contributed by atoms with E-state index in [4.69, 9.17) is 15.2 Å². The quantitative estimate of drug-likeness (QED) is 0.101. The zero-order valence-electron chi connectivity index (χ0n) is 31.4. The highest BCUT2D eigenvalue weighted by Gasteiger charge is 2.41. The topological polar surface area (TPSA) is 207 Å². The number of rotatable bonds is 13. The van der Waals surface area contributed by atoms with Gasteiger partial charge in [-0.3, -0.25) is 13.9 Å². The Kier molecular flexibility index (Phi) is 11.5. The first-order chi connectivity index (χ1) is 25.8. The first-order valence-electron chi connectivity index (χ1n) is 18.0. The van der Waals surface area contributed by atoms with Crippen LogP contribution in [-0.2, 0) is 17.9 Å². The van der Waals surface area contributed by atoms with Crippen LogP contribution in [0.2, 0.25) is 0 Å². The summed E-state index contributed by atoms with van der Waals surface area (Å²) < 4.78 is 38.5. The third-order valence-electron chi connectivity index (χ3n) is 10.0. The minimum absolute atomic E-state index is 0.0410. The third-order valence-corrected chi connectivity index (χ3v) is 11.9. The van der Waals surface area contributed by atoms with Crippen LogP contribution in [0.3, 0.4) is 0 Å². The van der Waals surface area contributed by atoms with Crippen molar-refractivity contribution in [1.82, 2.24) is 34.3 Å². The van der Waals surface area contributed by atoms with E-state index in [0.29, 0.717) is 18.7 Å². The molecule has 0 aliphatic carbocycles. The molecule has 4 heterocycles. The molecule has 16 heteroatoms. The third kappa shape index (κ3) is 7.76. The van der Waals surface area contributed by atoms with E-state index >= 15 is 0 Å². The van der Waals surface area contributed by atoms with Crippen LogP contribution in [-0.4, -0.2) is 86.3 Å². The molecule has 1 aliphatic rings. The zero-order chi connectivity index (χ0) is 38.8. The number of ether oxygens (including phenoxy) is 2. The van der Waals surface area contributed by atoms with E-state index in [1.165, 1.54) is 12.4 Å². The van der Waals surface area contributed by atoms with E-state index in [0.717, 1.165) is 38.9 Å². The summed E-state index contributed by atoms with van der Waals surface area (Å²) in [5.74, 6) is -0.535. The van der Waals surface area contributed by atoms with Gasteiger partial charge < -0.3 is 25.6 Å². The second kappa shape index (κ2) is 15.9. The van der Waals surface area contributed by atoms with Crippen molar-refractivity contribution in [2.45, 2.75) is 84.0 Å². The first kappa shape index (κ1) is 39.0. The van der Waals surface area contributed by atoms with Gasteiger partial charge in [-0.2, -0.15) is 4.31 Å². The number of nitrogens with two attached hydrogens (primary N) is 1. The largest absolute Gasteiger partial charge is 0.472 e. The van der Waals surface area contributed by atoms with Gasteiger partial charge in [0, 0.05) is 25.2 Å². The summed E-state index contributed by atoms with van der Waals surface area (Å²) in [5, 5.41) is 21.0. The Bertz CT molecular complexity index is 2110. The highest BCUT2D eigenvalue weighted by Crippen LogP contribution is 2.57. The van der Waals surface area contributed by atoms with E-state index in [1.807, 2.05) is 70.5 Å². The molecule has 0 saturated heterocycles. The predicted molar refractivity (Wildman–Crippen MR) is 206 cm³/mol. The Balaban J connectivity index is 1.39. The molecule has 0 fully saturated rings. The Hall–Kier alpha value is -4.71. The van der Waals surface area contributed by atoms with E-state index < -0.39 is 28.2 Å². The normalized spacial score (nSPS) is 17.6. The zero-order valence-corrected chi connectivity index (χ0v) is 32.2. The maximum atomic E-state index is 14.4.